The number of esters is 1. The Morgan fingerprint density at radius 1 is 1.50 bits per heavy atom. The van der Waals surface area contributed by atoms with Crippen molar-refractivity contribution in [3.05, 3.63) is 29.8 Å². The van der Waals surface area contributed by atoms with Gasteiger partial charge in [-0.2, -0.15) is 0 Å². The van der Waals surface area contributed by atoms with Crippen LogP contribution in [0.1, 0.15) is 43.0 Å². The Morgan fingerprint density at radius 3 is 3.10 bits per heavy atom. The molecular formula is C16H23NO3. The minimum atomic E-state index is -0.301. The van der Waals surface area contributed by atoms with Crippen LogP contribution in [0.4, 0.5) is 5.69 Å². The molecule has 1 aromatic carbocycles. The van der Waals surface area contributed by atoms with E-state index in [2.05, 4.69) is 12.2 Å². The summed E-state index contributed by atoms with van der Waals surface area (Å²) in [5, 5.41) is 3.50. The first-order valence-corrected chi connectivity index (χ1v) is 7.29. The maximum absolute atomic E-state index is 11.5. The van der Waals surface area contributed by atoms with E-state index in [0.29, 0.717) is 17.7 Å². The lowest BCUT2D eigenvalue weighted by Crippen LogP contribution is -2.34. The van der Waals surface area contributed by atoms with Gasteiger partial charge in [0.05, 0.1) is 18.8 Å². The van der Waals surface area contributed by atoms with E-state index in [-0.39, 0.29) is 5.97 Å². The number of anilines is 1. The first-order valence-electron chi connectivity index (χ1n) is 7.29. The lowest BCUT2D eigenvalue weighted by Gasteiger charge is -2.30. The normalized spacial score (nSPS) is 22.3. The number of hydrogen-bond acceptors (Lipinski definition) is 4. The zero-order valence-electron chi connectivity index (χ0n) is 12.2. The van der Waals surface area contributed by atoms with Gasteiger partial charge in [-0.25, -0.2) is 4.79 Å². The molecule has 1 aliphatic rings. The Morgan fingerprint density at radius 2 is 2.35 bits per heavy atom. The Labute approximate surface area is 120 Å². The third-order valence-electron chi connectivity index (χ3n) is 3.63. The highest BCUT2D eigenvalue weighted by molar-refractivity contribution is 5.90. The van der Waals surface area contributed by atoms with Gasteiger partial charge in [0.1, 0.15) is 0 Å². The first-order chi connectivity index (χ1) is 9.72. The summed E-state index contributed by atoms with van der Waals surface area (Å²) in [6.07, 6.45) is 4.64. The Hall–Kier alpha value is -1.55. The van der Waals surface area contributed by atoms with Crippen LogP contribution < -0.4 is 5.32 Å². The number of methoxy groups -OCH3 is 1. The number of carbonyl (C=O) groups is 1. The molecule has 0 bridgehead atoms. The highest BCUT2D eigenvalue weighted by Gasteiger charge is 2.21. The van der Waals surface area contributed by atoms with Crippen LogP contribution in [0.25, 0.3) is 0 Å². The van der Waals surface area contributed by atoms with Gasteiger partial charge in [-0.3, -0.25) is 0 Å². The van der Waals surface area contributed by atoms with Crippen molar-refractivity contribution in [2.75, 3.05) is 19.0 Å². The summed E-state index contributed by atoms with van der Waals surface area (Å²) in [4.78, 5) is 11.5. The summed E-state index contributed by atoms with van der Waals surface area (Å²) in [7, 11) is 1.40. The molecule has 0 saturated carbocycles. The fraction of sp³-hybridized carbons (Fsp3) is 0.562. The maximum Gasteiger partial charge on any atom is 0.337 e. The molecule has 4 heteroatoms. The van der Waals surface area contributed by atoms with Crippen LogP contribution in [0.3, 0.4) is 0 Å². The second kappa shape index (κ2) is 7.29. The average molecular weight is 277 g/mol. The molecule has 0 spiro atoms. The molecule has 0 aliphatic carbocycles. The van der Waals surface area contributed by atoms with E-state index in [9.17, 15) is 4.79 Å². The third kappa shape index (κ3) is 3.97. The van der Waals surface area contributed by atoms with Gasteiger partial charge in [-0.1, -0.05) is 19.4 Å². The molecule has 2 unspecified atom stereocenters. The van der Waals surface area contributed by atoms with Crippen LogP contribution in [0, 0.1) is 0 Å². The number of ether oxygens (including phenoxy) is 2. The van der Waals surface area contributed by atoms with E-state index in [0.717, 1.165) is 38.0 Å². The lowest BCUT2D eigenvalue weighted by molar-refractivity contribution is 0.00597. The second-order valence-corrected chi connectivity index (χ2v) is 5.22. The van der Waals surface area contributed by atoms with Crippen LogP contribution in [0.15, 0.2) is 24.3 Å². The molecule has 0 aromatic heterocycles. The quantitative estimate of drug-likeness (QED) is 0.839. The molecule has 1 heterocycles. The number of carbonyl (C=O) groups excluding carboxylic acids is 1. The highest BCUT2D eigenvalue weighted by Crippen LogP contribution is 2.22. The molecule has 2 rings (SSSR count). The molecule has 0 radical (unpaired) electrons. The molecule has 1 saturated heterocycles. The molecule has 1 fully saturated rings. The van der Waals surface area contributed by atoms with Gasteiger partial charge < -0.3 is 14.8 Å². The topological polar surface area (TPSA) is 47.6 Å². The minimum Gasteiger partial charge on any atom is -0.465 e. The predicted octanol–water partition coefficient (Wildman–Crippen LogP) is 3.23. The largest absolute Gasteiger partial charge is 0.465 e. The van der Waals surface area contributed by atoms with Crippen LogP contribution in [-0.2, 0) is 9.47 Å². The summed E-state index contributed by atoms with van der Waals surface area (Å²) in [6.45, 7) is 2.99. The van der Waals surface area contributed by atoms with Gasteiger partial charge in [0.15, 0.2) is 0 Å². The van der Waals surface area contributed by atoms with Crippen molar-refractivity contribution >= 4 is 11.7 Å². The molecule has 4 nitrogen and oxygen atoms in total. The van der Waals surface area contributed by atoms with Gasteiger partial charge in [0, 0.05) is 18.3 Å². The molecule has 110 valence electrons. The fourth-order valence-electron chi connectivity index (χ4n) is 2.62. The van der Waals surface area contributed by atoms with E-state index >= 15 is 0 Å². The van der Waals surface area contributed by atoms with Gasteiger partial charge in [-0.05, 0) is 37.5 Å². The summed E-state index contributed by atoms with van der Waals surface area (Å²) >= 11 is 0. The van der Waals surface area contributed by atoms with Gasteiger partial charge in [0.2, 0.25) is 0 Å². The Bertz CT molecular complexity index is 445. The van der Waals surface area contributed by atoms with E-state index in [1.165, 1.54) is 7.11 Å². The Balaban J connectivity index is 1.97. The number of rotatable bonds is 5. The zero-order chi connectivity index (χ0) is 14.4. The molecule has 20 heavy (non-hydrogen) atoms. The van der Waals surface area contributed by atoms with E-state index < -0.39 is 0 Å². The van der Waals surface area contributed by atoms with Crippen LogP contribution in [-0.4, -0.2) is 31.8 Å². The first kappa shape index (κ1) is 14.9. The van der Waals surface area contributed by atoms with Crippen molar-refractivity contribution in [1.82, 2.24) is 0 Å². The SMILES string of the molecule is CCCC1CC(Nc2cccc(C(=O)OC)c2)CCO1. The van der Waals surface area contributed by atoms with Crippen molar-refractivity contribution in [2.24, 2.45) is 0 Å². The zero-order valence-corrected chi connectivity index (χ0v) is 12.2. The van der Waals surface area contributed by atoms with Gasteiger partial charge >= 0.3 is 5.97 Å². The third-order valence-corrected chi connectivity index (χ3v) is 3.63. The molecular weight excluding hydrogens is 254 g/mol. The van der Waals surface area contributed by atoms with Crippen molar-refractivity contribution < 1.29 is 14.3 Å². The van der Waals surface area contributed by atoms with E-state index in [4.69, 9.17) is 9.47 Å². The van der Waals surface area contributed by atoms with Crippen molar-refractivity contribution in [3.63, 3.8) is 0 Å². The monoisotopic (exact) mass is 277 g/mol. The predicted molar refractivity (Wildman–Crippen MR) is 79.1 cm³/mol. The fourth-order valence-corrected chi connectivity index (χ4v) is 2.62. The standard InChI is InChI=1S/C16H23NO3/c1-3-5-15-11-14(8-9-20-15)17-13-7-4-6-12(10-13)16(18)19-2/h4,6-7,10,14-15,17H,3,5,8-9,11H2,1-2H3. The molecule has 1 aliphatic heterocycles. The molecule has 2 atom stereocenters. The smallest absolute Gasteiger partial charge is 0.337 e. The maximum atomic E-state index is 11.5. The van der Waals surface area contributed by atoms with Crippen LogP contribution in [0.2, 0.25) is 0 Å². The number of benzene rings is 1. The average Bonchev–Trinajstić information content (AvgIpc) is 2.47. The lowest BCUT2D eigenvalue weighted by atomic mass is 9.99. The number of hydrogen-bond donors (Lipinski definition) is 1. The van der Waals surface area contributed by atoms with E-state index in [1.54, 1.807) is 6.07 Å². The summed E-state index contributed by atoms with van der Waals surface area (Å²) < 4.78 is 10.5. The Kier molecular flexibility index (Phi) is 5.41. The van der Waals surface area contributed by atoms with Crippen LogP contribution in [0.5, 0.6) is 0 Å². The van der Waals surface area contributed by atoms with Crippen molar-refractivity contribution in [3.8, 4) is 0 Å². The summed E-state index contributed by atoms with van der Waals surface area (Å²) in [5.41, 5.74) is 1.55. The van der Waals surface area contributed by atoms with Crippen LogP contribution >= 0.6 is 0 Å². The summed E-state index contributed by atoms with van der Waals surface area (Å²) in [5.74, 6) is -0.301. The van der Waals surface area contributed by atoms with Gasteiger partial charge in [0.25, 0.3) is 0 Å². The molecule has 1 aromatic rings. The van der Waals surface area contributed by atoms with Gasteiger partial charge in [-0.15, -0.1) is 0 Å². The number of nitrogens with one attached hydrogen (secondary N) is 1. The second-order valence-electron chi connectivity index (χ2n) is 5.22. The summed E-state index contributed by atoms with van der Waals surface area (Å²) in [6, 6.07) is 7.87. The molecule has 0 amide bonds. The van der Waals surface area contributed by atoms with Crippen molar-refractivity contribution in [2.45, 2.75) is 44.8 Å². The molecule has 1 N–H and O–H groups in total. The van der Waals surface area contributed by atoms with E-state index in [1.807, 2.05) is 18.2 Å². The van der Waals surface area contributed by atoms with Crippen molar-refractivity contribution in [1.29, 1.82) is 0 Å². The minimum absolute atomic E-state index is 0.301. The highest BCUT2D eigenvalue weighted by atomic mass is 16.5.